The fraction of sp³-hybridized carbons (Fsp3) is 0.320. The molecule has 4 rings (SSSR count). The van der Waals surface area contributed by atoms with E-state index in [1.165, 1.54) is 0 Å². The molecule has 1 aromatic heterocycles. The standard InChI is InChI=1S/C25H26N2O4/c1-17(24(29)27-14-6-2-3-7-15-27)31-25(30)21-16-23(18-10-12-19(28)13-11-18)26-22-9-5-4-8-20(21)22/h4-5,8-13,16-17,28H,2-3,6-7,14-15H2,1H3/t17-/m0/s1. The number of para-hydroxylation sites is 1. The molecule has 1 N–H and O–H groups in total. The maximum Gasteiger partial charge on any atom is 0.339 e. The van der Waals surface area contributed by atoms with Crippen LogP contribution in [0.1, 0.15) is 43.0 Å². The van der Waals surface area contributed by atoms with Crippen LogP contribution in [-0.2, 0) is 9.53 Å². The summed E-state index contributed by atoms with van der Waals surface area (Å²) in [6, 6.07) is 15.7. The van der Waals surface area contributed by atoms with Crippen LogP contribution in [0.2, 0.25) is 0 Å². The summed E-state index contributed by atoms with van der Waals surface area (Å²) in [5, 5.41) is 10.2. The smallest absolute Gasteiger partial charge is 0.339 e. The number of amides is 1. The molecule has 160 valence electrons. The normalized spacial score (nSPS) is 15.3. The summed E-state index contributed by atoms with van der Waals surface area (Å²) in [5.74, 6) is -0.535. The van der Waals surface area contributed by atoms with Crippen molar-refractivity contribution in [3.63, 3.8) is 0 Å². The number of nitrogens with zero attached hydrogens (tertiary/aromatic N) is 2. The highest BCUT2D eigenvalue weighted by molar-refractivity contribution is 6.05. The van der Waals surface area contributed by atoms with Crippen LogP contribution in [0.4, 0.5) is 0 Å². The second kappa shape index (κ2) is 9.16. The third-order valence-corrected chi connectivity index (χ3v) is 5.65. The molecule has 2 aromatic carbocycles. The van der Waals surface area contributed by atoms with Gasteiger partial charge >= 0.3 is 5.97 Å². The molecule has 1 aliphatic heterocycles. The Morgan fingerprint density at radius 3 is 2.39 bits per heavy atom. The van der Waals surface area contributed by atoms with Gasteiger partial charge < -0.3 is 14.7 Å². The molecule has 2 heterocycles. The van der Waals surface area contributed by atoms with E-state index in [0.717, 1.165) is 31.2 Å². The Balaban J connectivity index is 1.62. The van der Waals surface area contributed by atoms with Gasteiger partial charge in [0.1, 0.15) is 5.75 Å². The summed E-state index contributed by atoms with van der Waals surface area (Å²) in [6.45, 7) is 3.06. The lowest BCUT2D eigenvalue weighted by Gasteiger charge is -2.24. The van der Waals surface area contributed by atoms with E-state index < -0.39 is 12.1 Å². The monoisotopic (exact) mass is 418 g/mol. The minimum absolute atomic E-state index is 0.146. The van der Waals surface area contributed by atoms with Crippen LogP contribution < -0.4 is 0 Å². The number of likely N-dealkylation sites (tertiary alicyclic amines) is 1. The Morgan fingerprint density at radius 2 is 1.68 bits per heavy atom. The first-order valence-electron chi connectivity index (χ1n) is 10.7. The van der Waals surface area contributed by atoms with E-state index in [9.17, 15) is 14.7 Å². The molecule has 1 amide bonds. The number of hydrogen-bond donors (Lipinski definition) is 1. The Kier molecular flexibility index (Phi) is 6.16. The van der Waals surface area contributed by atoms with Crippen molar-refractivity contribution in [2.75, 3.05) is 13.1 Å². The van der Waals surface area contributed by atoms with Crippen molar-refractivity contribution < 1.29 is 19.4 Å². The maximum absolute atomic E-state index is 13.1. The Labute approximate surface area is 181 Å². The molecular formula is C25H26N2O4. The number of carbonyl (C=O) groups is 2. The lowest BCUT2D eigenvalue weighted by atomic mass is 10.0. The van der Waals surface area contributed by atoms with E-state index in [1.54, 1.807) is 42.2 Å². The molecular weight excluding hydrogens is 392 g/mol. The van der Waals surface area contributed by atoms with E-state index >= 15 is 0 Å². The zero-order valence-electron chi connectivity index (χ0n) is 17.6. The van der Waals surface area contributed by atoms with Crippen molar-refractivity contribution in [3.05, 3.63) is 60.2 Å². The van der Waals surface area contributed by atoms with Crippen molar-refractivity contribution in [2.24, 2.45) is 0 Å². The topological polar surface area (TPSA) is 79.7 Å². The second-order valence-electron chi connectivity index (χ2n) is 7.91. The first-order valence-corrected chi connectivity index (χ1v) is 10.7. The summed E-state index contributed by atoms with van der Waals surface area (Å²) in [7, 11) is 0. The molecule has 0 saturated carbocycles. The molecule has 0 bridgehead atoms. The van der Waals surface area contributed by atoms with Crippen molar-refractivity contribution in [1.82, 2.24) is 9.88 Å². The predicted octanol–water partition coefficient (Wildman–Crippen LogP) is 4.56. The summed E-state index contributed by atoms with van der Waals surface area (Å²) in [5.41, 5.74) is 2.39. The minimum Gasteiger partial charge on any atom is -0.508 e. The number of ether oxygens (including phenoxy) is 1. The van der Waals surface area contributed by atoms with Gasteiger partial charge in [-0.1, -0.05) is 31.0 Å². The molecule has 1 aliphatic rings. The molecule has 1 fully saturated rings. The molecule has 31 heavy (non-hydrogen) atoms. The van der Waals surface area contributed by atoms with E-state index in [0.29, 0.717) is 35.2 Å². The highest BCUT2D eigenvalue weighted by Crippen LogP contribution is 2.27. The van der Waals surface area contributed by atoms with Crippen molar-refractivity contribution in [3.8, 4) is 17.0 Å². The third kappa shape index (κ3) is 4.68. The number of aromatic nitrogens is 1. The summed E-state index contributed by atoms with van der Waals surface area (Å²) in [6.07, 6.45) is 3.37. The van der Waals surface area contributed by atoms with Gasteiger partial charge in [0.2, 0.25) is 0 Å². The van der Waals surface area contributed by atoms with Crippen molar-refractivity contribution in [1.29, 1.82) is 0 Å². The number of pyridine rings is 1. The number of esters is 1. The number of fused-ring (bicyclic) bond motifs is 1. The van der Waals surface area contributed by atoms with Gasteiger partial charge in [-0.3, -0.25) is 4.79 Å². The van der Waals surface area contributed by atoms with Crippen LogP contribution >= 0.6 is 0 Å². The van der Waals surface area contributed by atoms with Gasteiger partial charge in [0.15, 0.2) is 6.10 Å². The van der Waals surface area contributed by atoms with Crippen LogP contribution in [0.5, 0.6) is 5.75 Å². The quantitative estimate of drug-likeness (QED) is 0.629. The minimum atomic E-state index is -0.852. The number of phenols is 1. The molecule has 1 atom stereocenters. The first kappa shape index (κ1) is 20.8. The van der Waals surface area contributed by atoms with Gasteiger partial charge in [0, 0.05) is 24.0 Å². The summed E-state index contributed by atoms with van der Waals surface area (Å²) >= 11 is 0. The van der Waals surface area contributed by atoms with Crippen molar-refractivity contribution in [2.45, 2.75) is 38.7 Å². The van der Waals surface area contributed by atoms with Crippen molar-refractivity contribution >= 4 is 22.8 Å². The van der Waals surface area contributed by atoms with Gasteiger partial charge in [0.05, 0.1) is 16.8 Å². The maximum atomic E-state index is 13.1. The second-order valence-corrected chi connectivity index (χ2v) is 7.91. The molecule has 0 spiro atoms. The Bertz CT molecular complexity index is 1090. The molecule has 0 unspecified atom stereocenters. The van der Waals surface area contributed by atoms with E-state index in [4.69, 9.17) is 4.74 Å². The Morgan fingerprint density at radius 1 is 1.00 bits per heavy atom. The molecule has 0 radical (unpaired) electrons. The number of aromatic hydroxyl groups is 1. The van der Waals surface area contributed by atoms with Gasteiger partial charge in [-0.05, 0) is 56.2 Å². The lowest BCUT2D eigenvalue weighted by Crippen LogP contribution is -2.40. The number of carbonyl (C=O) groups excluding carboxylic acids is 2. The molecule has 0 aliphatic carbocycles. The van der Waals surface area contributed by atoms with Gasteiger partial charge in [-0.15, -0.1) is 0 Å². The first-order chi connectivity index (χ1) is 15.0. The van der Waals surface area contributed by atoms with Crippen LogP contribution in [0.3, 0.4) is 0 Å². The zero-order chi connectivity index (χ0) is 21.8. The zero-order valence-corrected chi connectivity index (χ0v) is 17.6. The fourth-order valence-electron chi connectivity index (χ4n) is 3.95. The highest BCUT2D eigenvalue weighted by atomic mass is 16.5. The number of hydrogen-bond acceptors (Lipinski definition) is 5. The largest absolute Gasteiger partial charge is 0.508 e. The average Bonchev–Trinajstić information content (AvgIpc) is 3.08. The van der Waals surface area contributed by atoms with Crippen LogP contribution in [-0.4, -0.2) is 46.1 Å². The average molecular weight is 418 g/mol. The number of phenolic OH excluding ortho intramolecular Hbond substituents is 1. The van der Waals surface area contributed by atoms with Gasteiger partial charge in [0.25, 0.3) is 5.91 Å². The fourth-order valence-corrected chi connectivity index (χ4v) is 3.95. The van der Waals surface area contributed by atoms with Gasteiger partial charge in [-0.2, -0.15) is 0 Å². The highest BCUT2D eigenvalue weighted by Gasteiger charge is 2.26. The predicted molar refractivity (Wildman–Crippen MR) is 119 cm³/mol. The van der Waals surface area contributed by atoms with E-state index in [2.05, 4.69) is 4.98 Å². The van der Waals surface area contributed by atoms with Crippen LogP contribution in [0.15, 0.2) is 54.6 Å². The Hall–Kier alpha value is -3.41. The molecule has 1 saturated heterocycles. The third-order valence-electron chi connectivity index (χ3n) is 5.65. The van der Waals surface area contributed by atoms with Gasteiger partial charge in [-0.25, -0.2) is 9.78 Å². The molecule has 6 heteroatoms. The van der Waals surface area contributed by atoms with E-state index in [1.807, 2.05) is 24.3 Å². The van der Waals surface area contributed by atoms with E-state index in [-0.39, 0.29) is 11.7 Å². The summed E-state index contributed by atoms with van der Waals surface area (Å²) < 4.78 is 5.61. The number of rotatable bonds is 4. The van der Waals surface area contributed by atoms with Crippen LogP contribution in [0.25, 0.3) is 22.2 Å². The number of benzene rings is 2. The molecule has 3 aromatic rings. The molecule has 6 nitrogen and oxygen atoms in total. The van der Waals surface area contributed by atoms with Crippen LogP contribution in [0, 0.1) is 0 Å². The summed E-state index contributed by atoms with van der Waals surface area (Å²) in [4.78, 5) is 32.4. The SMILES string of the molecule is C[C@H](OC(=O)c1cc(-c2ccc(O)cc2)nc2ccccc12)C(=O)N1CCCCCC1. The lowest BCUT2D eigenvalue weighted by molar-refractivity contribution is -0.139.